The molecule has 7 heteroatoms. The molecule has 0 aliphatic carbocycles. The number of nitrogens with one attached hydrogen (secondary N) is 2. The molecule has 0 radical (unpaired) electrons. The van der Waals surface area contributed by atoms with Gasteiger partial charge in [-0.15, -0.1) is 0 Å². The SMILES string of the molecule is O=C1CCC(C(=O)N2CCC(NC(=O)c3ccncc3)CC2)N1. The maximum absolute atomic E-state index is 12.3. The van der Waals surface area contributed by atoms with E-state index in [0.717, 1.165) is 12.8 Å². The number of pyridine rings is 1. The largest absolute Gasteiger partial charge is 0.349 e. The number of hydrogen-bond donors (Lipinski definition) is 2. The van der Waals surface area contributed by atoms with Crippen LogP contribution >= 0.6 is 0 Å². The number of hydrogen-bond acceptors (Lipinski definition) is 4. The fourth-order valence-electron chi connectivity index (χ4n) is 3.04. The third-order valence-electron chi connectivity index (χ3n) is 4.38. The van der Waals surface area contributed by atoms with E-state index in [1.54, 1.807) is 29.4 Å². The van der Waals surface area contributed by atoms with E-state index in [1.165, 1.54) is 0 Å². The molecule has 3 rings (SSSR count). The molecule has 3 amide bonds. The van der Waals surface area contributed by atoms with Crippen LogP contribution in [0.15, 0.2) is 24.5 Å². The number of carbonyl (C=O) groups is 3. The Labute approximate surface area is 134 Å². The van der Waals surface area contributed by atoms with Gasteiger partial charge < -0.3 is 15.5 Å². The molecular weight excluding hydrogens is 296 g/mol. The molecule has 1 atom stereocenters. The van der Waals surface area contributed by atoms with Crippen molar-refractivity contribution in [1.29, 1.82) is 0 Å². The van der Waals surface area contributed by atoms with Crippen molar-refractivity contribution in [2.75, 3.05) is 13.1 Å². The van der Waals surface area contributed by atoms with Crippen LogP contribution < -0.4 is 10.6 Å². The minimum Gasteiger partial charge on any atom is -0.349 e. The molecule has 2 N–H and O–H groups in total. The summed E-state index contributed by atoms with van der Waals surface area (Å²) in [6.45, 7) is 1.21. The number of carbonyl (C=O) groups excluding carboxylic acids is 3. The molecule has 1 aromatic heterocycles. The third kappa shape index (κ3) is 3.67. The topological polar surface area (TPSA) is 91.4 Å². The highest BCUT2D eigenvalue weighted by atomic mass is 16.2. The summed E-state index contributed by atoms with van der Waals surface area (Å²) in [7, 11) is 0. The van der Waals surface area contributed by atoms with Gasteiger partial charge in [0.15, 0.2) is 0 Å². The van der Waals surface area contributed by atoms with E-state index in [1.807, 2.05) is 0 Å². The summed E-state index contributed by atoms with van der Waals surface area (Å²) >= 11 is 0. The lowest BCUT2D eigenvalue weighted by Crippen LogP contribution is -2.51. The summed E-state index contributed by atoms with van der Waals surface area (Å²) in [5, 5.41) is 5.71. The minimum absolute atomic E-state index is 0.00485. The summed E-state index contributed by atoms with van der Waals surface area (Å²) in [4.78, 5) is 41.3. The molecular formula is C16H20N4O3. The Morgan fingerprint density at radius 3 is 2.48 bits per heavy atom. The molecule has 0 aromatic carbocycles. The molecule has 122 valence electrons. The number of aromatic nitrogens is 1. The fourth-order valence-corrected chi connectivity index (χ4v) is 3.04. The van der Waals surface area contributed by atoms with Gasteiger partial charge in [-0.05, 0) is 31.4 Å². The molecule has 0 bridgehead atoms. The van der Waals surface area contributed by atoms with Gasteiger partial charge in [0.1, 0.15) is 6.04 Å². The van der Waals surface area contributed by atoms with E-state index in [-0.39, 0.29) is 29.8 Å². The summed E-state index contributed by atoms with van der Waals surface area (Å²) in [6, 6.07) is 3.05. The minimum atomic E-state index is -0.370. The monoisotopic (exact) mass is 316 g/mol. The van der Waals surface area contributed by atoms with Crippen LogP contribution in [0.5, 0.6) is 0 Å². The summed E-state index contributed by atoms with van der Waals surface area (Å²) in [5.41, 5.74) is 0.590. The van der Waals surface area contributed by atoms with Gasteiger partial charge in [0.2, 0.25) is 11.8 Å². The first-order chi connectivity index (χ1) is 11.1. The van der Waals surface area contributed by atoms with Crippen molar-refractivity contribution in [1.82, 2.24) is 20.5 Å². The van der Waals surface area contributed by atoms with Gasteiger partial charge in [-0.25, -0.2) is 0 Å². The predicted molar refractivity (Wildman–Crippen MR) is 82.5 cm³/mol. The maximum atomic E-state index is 12.3. The second-order valence-electron chi connectivity index (χ2n) is 5.97. The van der Waals surface area contributed by atoms with Gasteiger partial charge in [0, 0.05) is 43.5 Å². The van der Waals surface area contributed by atoms with Crippen LogP contribution in [-0.2, 0) is 9.59 Å². The smallest absolute Gasteiger partial charge is 0.251 e. The average molecular weight is 316 g/mol. The molecule has 2 aliphatic rings. The molecule has 1 aromatic rings. The lowest BCUT2D eigenvalue weighted by molar-refractivity contribution is -0.135. The van der Waals surface area contributed by atoms with Gasteiger partial charge in [0.05, 0.1) is 0 Å². The number of rotatable bonds is 3. The van der Waals surface area contributed by atoms with Crippen LogP contribution in [0.25, 0.3) is 0 Å². The number of nitrogens with zero attached hydrogens (tertiary/aromatic N) is 2. The van der Waals surface area contributed by atoms with Crippen LogP contribution in [0, 0.1) is 0 Å². The van der Waals surface area contributed by atoms with Crippen LogP contribution in [0.3, 0.4) is 0 Å². The fraction of sp³-hybridized carbons (Fsp3) is 0.500. The van der Waals surface area contributed by atoms with Crippen LogP contribution in [0.1, 0.15) is 36.0 Å². The molecule has 23 heavy (non-hydrogen) atoms. The first-order valence-electron chi connectivity index (χ1n) is 7.92. The van der Waals surface area contributed by atoms with Crippen LogP contribution in [-0.4, -0.2) is 52.8 Å². The van der Waals surface area contributed by atoms with Crippen molar-refractivity contribution in [2.24, 2.45) is 0 Å². The van der Waals surface area contributed by atoms with E-state index in [4.69, 9.17) is 0 Å². The summed E-state index contributed by atoms with van der Waals surface area (Å²) in [5.74, 6) is -0.169. The number of piperidine rings is 1. The Bertz CT molecular complexity index is 597. The molecule has 2 saturated heterocycles. The van der Waals surface area contributed by atoms with Crippen LogP contribution in [0.2, 0.25) is 0 Å². The van der Waals surface area contributed by atoms with E-state index in [0.29, 0.717) is 31.5 Å². The van der Waals surface area contributed by atoms with Crippen molar-refractivity contribution in [2.45, 2.75) is 37.8 Å². The van der Waals surface area contributed by atoms with E-state index in [2.05, 4.69) is 15.6 Å². The van der Waals surface area contributed by atoms with Gasteiger partial charge in [0.25, 0.3) is 5.91 Å². The van der Waals surface area contributed by atoms with Gasteiger partial charge in [-0.1, -0.05) is 0 Å². The van der Waals surface area contributed by atoms with Gasteiger partial charge in [-0.2, -0.15) is 0 Å². The van der Waals surface area contributed by atoms with Crippen molar-refractivity contribution < 1.29 is 14.4 Å². The molecule has 2 aliphatic heterocycles. The Balaban J connectivity index is 1.48. The van der Waals surface area contributed by atoms with Gasteiger partial charge >= 0.3 is 0 Å². The summed E-state index contributed by atoms with van der Waals surface area (Å²) in [6.07, 6.45) is 5.63. The highest BCUT2D eigenvalue weighted by Crippen LogP contribution is 2.16. The van der Waals surface area contributed by atoms with E-state index < -0.39 is 0 Å². The number of amides is 3. The first kappa shape index (κ1) is 15.5. The van der Waals surface area contributed by atoms with E-state index >= 15 is 0 Å². The van der Waals surface area contributed by atoms with Crippen molar-refractivity contribution in [3.05, 3.63) is 30.1 Å². The first-order valence-corrected chi connectivity index (χ1v) is 7.92. The zero-order chi connectivity index (χ0) is 16.2. The molecule has 7 nitrogen and oxygen atoms in total. The quantitative estimate of drug-likeness (QED) is 0.826. The standard InChI is InChI=1S/C16H20N4O3/c21-14-2-1-13(19-14)16(23)20-9-5-12(6-10-20)18-15(22)11-3-7-17-8-4-11/h3-4,7-8,12-13H,1-2,5-6,9-10H2,(H,18,22)(H,19,21). The second kappa shape index (κ2) is 6.76. The lowest BCUT2D eigenvalue weighted by Gasteiger charge is -2.33. The highest BCUT2D eigenvalue weighted by molar-refractivity contribution is 5.94. The normalized spacial score (nSPS) is 21.8. The Morgan fingerprint density at radius 1 is 1.17 bits per heavy atom. The number of likely N-dealkylation sites (tertiary alicyclic amines) is 1. The molecule has 0 saturated carbocycles. The van der Waals surface area contributed by atoms with Crippen molar-refractivity contribution in [3.63, 3.8) is 0 Å². The van der Waals surface area contributed by atoms with Crippen molar-refractivity contribution >= 4 is 17.7 Å². The Kier molecular flexibility index (Phi) is 4.55. The lowest BCUT2D eigenvalue weighted by atomic mass is 10.0. The zero-order valence-corrected chi connectivity index (χ0v) is 12.8. The summed E-state index contributed by atoms with van der Waals surface area (Å²) < 4.78 is 0. The molecule has 1 unspecified atom stereocenters. The molecule has 2 fully saturated rings. The maximum Gasteiger partial charge on any atom is 0.251 e. The van der Waals surface area contributed by atoms with E-state index in [9.17, 15) is 14.4 Å². The average Bonchev–Trinajstić information content (AvgIpc) is 3.02. The van der Waals surface area contributed by atoms with Crippen molar-refractivity contribution in [3.8, 4) is 0 Å². The van der Waals surface area contributed by atoms with Gasteiger partial charge in [-0.3, -0.25) is 19.4 Å². The highest BCUT2D eigenvalue weighted by Gasteiger charge is 2.32. The Hall–Kier alpha value is -2.44. The predicted octanol–water partition coefficient (Wildman–Crippen LogP) is 0.0810. The molecule has 0 spiro atoms. The van der Waals surface area contributed by atoms with Crippen LogP contribution in [0.4, 0.5) is 0 Å². The Morgan fingerprint density at radius 2 is 1.87 bits per heavy atom. The molecule has 3 heterocycles. The third-order valence-corrected chi connectivity index (χ3v) is 4.38. The second-order valence-corrected chi connectivity index (χ2v) is 5.97. The zero-order valence-electron chi connectivity index (χ0n) is 12.8.